The lowest BCUT2D eigenvalue weighted by Crippen LogP contribution is -2.44. The zero-order valence-corrected chi connectivity index (χ0v) is 15.7. The number of hydrogen-bond donors (Lipinski definition) is 3. The van der Waals surface area contributed by atoms with Crippen molar-refractivity contribution in [2.24, 2.45) is 5.73 Å². The molecule has 0 saturated carbocycles. The van der Waals surface area contributed by atoms with Crippen LogP contribution in [0.15, 0.2) is 48.5 Å². The van der Waals surface area contributed by atoms with E-state index in [0.29, 0.717) is 11.3 Å². The number of piperidine rings is 1. The molecular weight excluding hydrogens is 364 g/mol. The molecule has 1 saturated heterocycles. The predicted molar refractivity (Wildman–Crippen MR) is 107 cm³/mol. The van der Waals surface area contributed by atoms with Crippen LogP contribution in [0, 0.1) is 0 Å². The maximum atomic E-state index is 12.4. The van der Waals surface area contributed by atoms with Gasteiger partial charge in [0, 0.05) is 41.9 Å². The van der Waals surface area contributed by atoms with Crippen molar-refractivity contribution in [3.8, 4) is 0 Å². The van der Waals surface area contributed by atoms with Crippen molar-refractivity contribution in [3.63, 3.8) is 0 Å². The Hall–Kier alpha value is -2.57. The lowest BCUT2D eigenvalue weighted by Gasteiger charge is -2.32. The molecule has 27 heavy (non-hydrogen) atoms. The molecule has 1 aliphatic heterocycles. The Kier molecular flexibility index (Phi) is 6.32. The summed E-state index contributed by atoms with van der Waals surface area (Å²) >= 11 is 5.93. The third-order valence-corrected chi connectivity index (χ3v) is 4.91. The van der Waals surface area contributed by atoms with Crippen LogP contribution in [0.25, 0.3) is 0 Å². The first-order chi connectivity index (χ1) is 13.0. The van der Waals surface area contributed by atoms with E-state index in [1.807, 2.05) is 24.3 Å². The molecule has 3 amide bonds. The van der Waals surface area contributed by atoms with Crippen LogP contribution >= 0.6 is 11.6 Å². The number of nitrogens with one attached hydrogen (secondary N) is 2. The number of carbonyl (C=O) groups is 2. The van der Waals surface area contributed by atoms with E-state index in [0.717, 1.165) is 37.5 Å². The van der Waals surface area contributed by atoms with E-state index >= 15 is 0 Å². The molecule has 1 fully saturated rings. The molecule has 0 spiro atoms. The number of nitrogens with two attached hydrogens (primary N) is 1. The third-order valence-electron chi connectivity index (χ3n) is 4.66. The molecule has 0 radical (unpaired) electrons. The van der Waals surface area contributed by atoms with Crippen molar-refractivity contribution in [3.05, 3.63) is 64.7 Å². The highest BCUT2D eigenvalue weighted by molar-refractivity contribution is 6.30. The second kappa shape index (κ2) is 8.88. The number of anilines is 1. The highest BCUT2D eigenvalue weighted by Crippen LogP contribution is 2.17. The summed E-state index contributed by atoms with van der Waals surface area (Å²) in [6.07, 6.45) is 1.83. The van der Waals surface area contributed by atoms with Gasteiger partial charge in [0.1, 0.15) is 0 Å². The van der Waals surface area contributed by atoms with E-state index in [1.54, 1.807) is 24.3 Å². The van der Waals surface area contributed by atoms with Crippen LogP contribution < -0.4 is 16.4 Å². The molecule has 3 rings (SSSR count). The number of nitrogens with zero attached hydrogens (tertiary/aromatic N) is 1. The van der Waals surface area contributed by atoms with Crippen molar-refractivity contribution < 1.29 is 9.59 Å². The van der Waals surface area contributed by atoms with Crippen molar-refractivity contribution in [2.45, 2.75) is 25.4 Å². The number of halogens is 1. The Bertz CT molecular complexity index is 785. The molecule has 0 bridgehead atoms. The molecule has 0 aromatic heterocycles. The molecule has 142 valence electrons. The van der Waals surface area contributed by atoms with Gasteiger partial charge in [-0.3, -0.25) is 9.69 Å². The van der Waals surface area contributed by atoms with Crippen molar-refractivity contribution in [2.75, 3.05) is 18.4 Å². The van der Waals surface area contributed by atoms with Gasteiger partial charge in [-0.1, -0.05) is 23.7 Å². The van der Waals surface area contributed by atoms with Gasteiger partial charge in [-0.15, -0.1) is 0 Å². The lowest BCUT2D eigenvalue weighted by atomic mass is 10.0. The van der Waals surface area contributed by atoms with E-state index in [1.165, 1.54) is 5.56 Å². The minimum absolute atomic E-state index is 0.100. The quantitative estimate of drug-likeness (QED) is 0.737. The Balaban J connectivity index is 1.46. The molecule has 4 N–H and O–H groups in total. The van der Waals surface area contributed by atoms with Gasteiger partial charge in [-0.25, -0.2) is 4.79 Å². The number of carbonyl (C=O) groups excluding carboxylic acids is 2. The van der Waals surface area contributed by atoms with Gasteiger partial charge in [0.05, 0.1) is 0 Å². The maximum Gasteiger partial charge on any atom is 0.316 e. The summed E-state index contributed by atoms with van der Waals surface area (Å²) in [6, 6.07) is 14.1. The average Bonchev–Trinajstić information content (AvgIpc) is 2.65. The van der Waals surface area contributed by atoms with Crippen LogP contribution in [0.1, 0.15) is 28.8 Å². The highest BCUT2D eigenvalue weighted by atomic mass is 35.5. The largest absolute Gasteiger partial charge is 0.351 e. The summed E-state index contributed by atoms with van der Waals surface area (Å²) < 4.78 is 0. The molecule has 6 nitrogen and oxygen atoms in total. The molecule has 2 aromatic carbocycles. The zero-order chi connectivity index (χ0) is 19.2. The monoisotopic (exact) mass is 386 g/mol. The minimum Gasteiger partial charge on any atom is -0.351 e. The topological polar surface area (TPSA) is 87.5 Å². The normalized spacial score (nSPS) is 15.3. The number of hydrogen-bond acceptors (Lipinski definition) is 3. The Morgan fingerprint density at radius 1 is 1.04 bits per heavy atom. The van der Waals surface area contributed by atoms with Crippen LogP contribution in [0.3, 0.4) is 0 Å². The number of benzene rings is 2. The van der Waals surface area contributed by atoms with Crippen LogP contribution in [0.2, 0.25) is 5.02 Å². The number of likely N-dealkylation sites (tertiary alicyclic amines) is 1. The zero-order valence-electron chi connectivity index (χ0n) is 15.0. The van der Waals surface area contributed by atoms with Crippen molar-refractivity contribution in [1.29, 1.82) is 0 Å². The summed E-state index contributed by atoms with van der Waals surface area (Å²) in [5, 5.41) is 6.32. The molecule has 0 unspecified atom stereocenters. The van der Waals surface area contributed by atoms with Gasteiger partial charge >= 0.3 is 6.03 Å². The summed E-state index contributed by atoms with van der Waals surface area (Å²) in [5.74, 6) is -0.100. The smallest absolute Gasteiger partial charge is 0.316 e. The van der Waals surface area contributed by atoms with Gasteiger partial charge in [-0.05, 0) is 54.8 Å². The molecule has 1 aliphatic rings. The van der Waals surface area contributed by atoms with Gasteiger partial charge in [0.25, 0.3) is 5.91 Å². The van der Waals surface area contributed by atoms with Crippen LogP contribution in [0.4, 0.5) is 10.5 Å². The second-order valence-corrected chi connectivity index (χ2v) is 7.15. The summed E-state index contributed by atoms with van der Waals surface area (Å²) in [5.41, 5.74) is 7.44. The van der Waals surface area contributed by atoms with Gasteiger partial charge in [-0.2, -0.15) is 0 Å². The van der Waals surface area contributed by atoms with E-state index in [2.05, 4.69) is 15.5 Å². The van der Waals surface area contributed by atoms with E-state index in [4.69, 9.17) is 17.3 Å². The van der Waals surface area contributed by atoms with E-state index < -0.39 is 6.03 Å². The first-order valence-corrected chi connectivity index (χ1v) is 9.31. The van der Waals surface area contributed by atoms with E-state index in [9.17, 15) is 9.59 Å². The molecule has 2 aromatic rings. The lowest BCUT2D eigenvalue weighted by molar-refractivity contribution is 0.0909. The van der Waals surface area contributed by atoms with Crippen LogP contribution in [-0.2, 0) is 6.54 Å². The molecule has 0 aliphatic carbocycles. The van der Waals surface area contributed by atoms with Crippen molar-refractivity contribution in [1.82, 2.24) is 10.2 Å². The van der Waals surface area contributed by atoms with Gasteiger partial charge in [0.2, 0.25) is 0 Å². The molecule has 0 atom stereocenters. The average molecular weight is 387 g/mol. The maximum absolute atomic E-state index is 12.4. The minimum atomic E-state index is -0.627. The number of rotatable bonds is 5. The number of primary amides is 1. The van der Waals surface area contributed by atoms with Crippen LogP contribution in [-0.4, -0.2) is 36.0 Å². The first kappa shape index (κ1) is 19.2. The Morgan fingerprint density at radius 2 is 1.67 bits per heavy atom. The van der Waals surface area contributed by atoms with E-state index in [-0.39, 0.29) is 11.9 Å². The molecule has 7 heteroatoms. The standard InChI is InChI=1S/C20H23ClN4O2/c21-16-5-1-14(2-6-16)13-25-11-9-18(10-12-25)23-19(26)15-3-7-17(8-4-15)24-20(22)27/h1-8,18H,9-13H2,(H,23,26)(H3,22,24,27). The Morgan fingerprint density at radius 3 is 2.26 bits per heavy atom. The molecule has 1 heterocycles. The fraction of sp³-hybridized carbons (Fsp3) is 0.300. The summed E-state index contributed by atoms with van der Waals surface area (Å²) in [7, 11) is 0. The van der Waals surface area contributed by atoms with Gasteiger partial charge < -0.3 is 16.4 Å². The fourth-order valence-electron chi connectivity index (χ4n) is 3.20. The number of urea groups is 1. The molecular formula is C20H23ClN4O2. The van der Waals surface area contributed by atoms with Gasteiger partial charge in [0.15, 0.2) is 0 Å². The summed E-state index contributed by atoms with van der Waals surface area (Å²) in [6.45, 7) is 2.77. The second-order valence-electron chi connectivity index (χ2n) is 6.72. The predicted octanol–water partition coefficient (Wildman–Crippen LogP) is 3.23. The highest BCUT2D eigenvalue weighted by Gasteiger charge is 2.21. The SMILES string of the molecule is NC(=O)Nc1ccc(C(=O)NC2CCN(Cc3ccc(Cl)cc3)CC2)cc1. The number of amides is 3. The third kappa shape index (κ3) is 5.70. The Labute approximate surface area is 163 Å². The van der Waals surface area contributed by atoms with Crippen LogP contribution in [0.5, 0.6) is 0 Å². The summed E-state index contributed by atoms with van der Waals surface area (Å²) in [4.78, 5) is 25.6. The first-order valence-electron chi connectivity index (χ1n) is 8.94. The fourth-order valence-corrected chi connectivity index (χ4v) is 3.33. The van der Waals surface area contributed by atoms with Crippen molar-refractivity contribution >= 4 is 29.2 Å².